The molecule has 1 aromatic carbocycles. The maximum absolute atomic E-state index is 14.8. The summed E-state index contributed by atoms with van der Waals surface area (Å²) in [5, 5.41) is 52.2. The van der Waals surface area contributed by atoms with Crippen LogP contribution in [0.4, 0.5) is 8.78 Å². The molecule has 3 aliphatic rings. The molecule has 3 heterocycles. The van der Waals surface area contributed by atoms with Crippen molar-refractivity contribution in [3.05, 3.63) is 54.0 Å². The fourth-order valence-electron chi connectivity index (χ4n) is 11.8. The van der Waals surface area contributed by atoms with Crippen LogP contribution in [0, 0.1) is 29.6 Å². The number of nitrogens with two attached hydrogens (primary N) is 1. The standard InChI is InChI=1S/C56H95F2N5O13S/c1-16-45-56(10,69)49(65)37(6)62(12)31-33(2)27-54(8,68)51(35(4)46(36(5)52(67)75-45)44-28-55(9,72-15)50(66)38(7)74-44)76-53-47(64)40(26-34(3)73-53)32-61(11)24-22-41(63(13)59)30-60-43(29-58)48(71-14)39-18-20-42(21-19-39)77(70)25-17-23-57/h18-21,30,33-36,38,40,43-46,48-51,53,60,65-66,68-69H,6,16-17,22-29,31-32,59H2,1-5,7-15H3/b41-30-/t33-,34-,35+,36-,38+,40-,43-,44-,45-,46?,48-,49-,50+,51-,53+,54-,55-,56-,77?/m1/s1. The number of esters is 1. The number of halogens is 2. The van der Waals surface area contributed by atoms with Gasteiger partial charge in [0, 0.05) is 101 Å². The summed E-state index contributed by atoms with van der Waals surface area (Å²) >= 11 is 0. The van der Waals surface area contributed by atoms with Crippen molar-refractivity contribution in [2.45, 2.75) is 184 Å². The number of methoxy groups -OCH3 is 2. The van der Waals surface area contributed by atoms with Gasteiger partial charge in [0.15, 0.2) is 5.78 Å². The third kappa shape index (κ3) is 16.7. The van der Waals surface area contributed by atoms with Crippen molar-refractivity contribution in [3.8, 4) is 0 Å². The lowest BCUT2D eigenvalue weighted by atomic mass is 9.68. The molecule has 19 atom stereocenters. The summed E-state index contributed by atoms with van der Waals surface area (Å²) < 4.78 is 77.5. The van der Waals surface area contributed by atoms with Gasteiger partial charge in [-0.2, -0.15) is 0 Å². The molecule has 21 heteroatoms. The number of nitrogens with zero attached hydrogens (tertiary/aromatic N) is 3. The number of Topliss-reactive ketones (excluding diaryl/α,β-unsaturated/α-hetero) is 1. The highest BCUT2D eigenvalue weighted by molar-refractivity contribution is 7.85. The first kappa shape index (κ1) is 66.3. The average molecular weight is 1120 g/mol. The Kier molecular flexibility index (Phi) is 25.0. The van der Waals surface area contributed by atoms with Crippen LogP contribution in [-0.4, -0.2) is 197 Å². The number of alkyl halides is 2. The number of aliphatic hydroxyl groups excluding tert-OH is 2. The number of benzene rings is 1. The summed E-state index contributed by atoms with van der Waals surface area (Å²) in [5.74, 6) is 2.03. The van der Waals surface area contributed by atoms with E-state index in [4.69, 9.17) is 34.3 Å². The molecule has 0 aliphatic carbocycles. The molecule has 7 N–H and O–H groups in total. The summed E-state index contributed by atoms with van der Waals surface area (Å²) in [6, 6.07) is 5.99. The molecule has 3 aliphatic heterocycles. The second-order valence-corrected chi connectivity index (χ2v) is 24.5. The van der Waals surface area contributed by atoms with Gasteiger partial charge < -0.3 is 69.0 Å². The number of hydrazine groups is 1. The highest BCUT2D eigenvalue weighted by Crippen LogP contribution is 2.45. The molecule has 0 aromatic heterocycles. The smallest absolute Gasteiger partial charge is 0.309 e. The molecule has 0 amide bonds. The first-order valence-corrected chi connectivity index (χ1v) is 28.6. The molecular formula is C56H95F2N5O13S. The van der Waals surface area contributed by atoms with Crippen molar-refractivity contribution in [3.63, 3.8) is 0 Å². The second kappa shape index (κ2) is 29.0. The van der Waals surface area contributed by atoms with Gasteiger partial charge in [-0.3, -0.25) is 18.2 Å². The fraction of sp³-hybridized carbons (Fsp3) is 0.786. The van der Waals surface area contributed by atoms with Crippen molar-refractivity contribution in [1.29, 1.82) is 0 Å². The number of hydrogen-bond donors (Lipinski definition) is 6. The normalized spacial score (nSPS) is 36.6. The molecule has 3 saturated heterocycles. The maximum Gasteiger partial charge on any atom is 0.309 e. The third-order valence-corrected chi connectivity index (χ3v) is 17.9. The molecule has 0 bridgehead atoms. The number of ether oxygens (including phenoxy) is 6. The lowest BCUT2D eigenvalue weighted by molar-refractivity contribution is -0.264. The van der Waals surface area contributed by atoms with Crippen molar-refractivity contribution in [1.82, 2.24) is 20.1 Å². The Morgan fingerprint density at radius 2 is 1.70 bits per heavy atom. The lowest BCUT2D eigenvalue weighted by Crippen LogP contribution is -2.61. The average Bonchev–Trinajstić information content (AvgIpc) is 3.37. The number of carbonyl (C=O) groups excluding carboxylic acids is 2. The van der Waals surface area contributed by atoms with Gasteiger partial charge in [-0.25, -0.2) is 10.2 Å². The first-order valence-electron chi connectivity index (χ1n) is 27.2. The van der Waals surface area contributed by atoms with Gasteiger partial charge in [0.05, 0.1) is 65.1 Å². The van der Waals surface area contributed by atoms with E-state index in [0.29, 0.717) is 48.6 Å². The minimum absolute atomic E-state index is 0.118. The molecule has 0 radical (unpaired) electrons. The van der Waals surface area contributed by atoms with E-state index in [-0.39, 0.29) is 48.8 Å². The topological polar surface area (TPSA) is 235 Å². The first-order chi connectivity index (χ1) is 36.0. The number of aliphatic hydroxyl groups is 4. The van der Waals surface area contributed by atoms with Crippen molar-refractivity contribution in [2.24, 2.45) is 35.4 Å². The van der Waals surface area contributed by atoms with Gasteiger partial charge in [0.25, 0.3) is 0 Å². The minimum Gasteiger partial charge on any atom is -0.459 e. The van der Waals surface area contributed by atoms with E-state index >= 15 is 0 Å². The van der Waals surface area contributed by atoms with E-state index in [1.807, 2.05) is 32.7 Å². The van der Waals surface area contributed by atoms with Crippen LogP contribution in [0.2, 0.25) is 0 Å². The van der Waals surface area contributed by atoms with Gasteiger partial charge in [-0.1, -0.05) is 46.4 Å². The van der Waals surface area contributed by atoms with Crippen molar-refractivity contribution >= 4 is 22.6 Å². The molecule has 442 valence electrons. The zero-order chi connectivity index (χ0) is 57.9. The van der Waals surface area contributed by atoms with Gasteiger partial charge in [0.2, 0.25) is 6.29 Å². The summed E-state index contributed by atoms with van der Waals surface area (Å²) in [4.78, 5) is 33.6. The fourth-order valence-corrected chi connectivity index (χ4v) is 12.9. The Labute approximate surface area is 459 Å². The largest absolute Gasteiger partial charge is 0.459 e. The number of nitrogens with one attached hydrogen (secondary N) is 1. The maximum atomic E-state index is 14.8. The summed E-state index contributed by atoms with van der Waals surface area (Å²) in [6.45, 7) is 19.4. The van der Waals surface area contributed by atoms with Crippen LogP contribution in [0.5, 0.6) is 0 Å². The Morgan fingerprint density at radius 1 is 1.05 bits per heavy atom. The molecule has 77 heavy (non-hydrogen) atoms. The highest BCUT2D eigenvalue weighted by atomic mass is 32.2. The van der Waals surface area contributed by atoms with E-state index in [1.165, 1.54) is 26.2 Å². The second-order valence-electron chi connectivity index (χ2n) is 22.9. The Balaban J connectivity index is 1.64. The van der Waals surface area contributed by atoms with Crippen LogP contribution in [0.15, 0.2) is 53.3 Å². The van der Waals surface area contributed by atoms with Crippen LogP contribution in [0.1, 0.15) is 113 Å². The summed E-state index contributed by atoms with van der Waals surface area (Å²) in [5.41, 5.74) is -3.26. The lowest BCUT2D eigenvalue weighted by Gasteiger charge is -2.51. The van der Waals surface area contributed by atoms with E-state index < -0.39 is 132 Å². The van der Waals surface area contributed by atoms with Crippen LogP contribution in [0.25, 0.3) is 0 Å². The van der Waals surface area contributed by atoms with Crippen LogP contribution in [-0.2, 0) is 48.8 Å². The predicted molar refractivity (Wildman–Crippen MR) is 291 cm³/mol. The zero-order valence-electron chi connectivity index (χ0n) is 48.3. The summed E-state index contributed by atoms with van der Waals surface area (Å²) in [6.07, 6.45) is -5.97. The number of ketones is 1. The number of hydrogen-bond acceptors (Lipinski definition) is 18. The molecular weight excluding hydrogens is 1020 g/mol. The van der Waals surface area contributed by atoms with E-state index in [0.717, 1.165) is 0 Å². The highest BCUT2D eigenvalue weighted by Gasteiger charge is 2.55. The molecule has 3 fully saturated rings. The van der Waals surface area contributed by atoms with Crippen LogP contribution in [0.3, 0.4) is 0 Å². The quantitative estimate of drug-likeness (QED) is 0.0543. The third-order valence-electron chi connectivity index (χ3n) is 16.4. The predicted octanol–water partition coefficient (Wildman–Crippen LogP) is 4.95. The summed E-state index contributed by atoms with van der Waals surface area (Å²) in [7, 11) is 6.89. The zero-order valence-corrected chi connectivity index (χ0v) is 49.1. The molecule has 0 spiro atoms. The van der Waals surface area contributed by atoms with Crippen LogP contribution >= 0.6 is 0 Å². The van der Waals surface area contributed by atoms with Gasteiger partial charge in [-0.15, -0.1) is 0 Å². The van der Waals surface area contributed by atoms with E-state index in [9.17, 15) is 43.0 Å². The molecule has 1 aromatic rings. The molecule has 0 saturated carbocycles. The number of likely N-dealkylation sites (N-methyl/N-ethyl adjacent to an activating group) is 1. The number of cyclic esters (lactones) is 1. The van der Waals surface area contributed by atoms with E-state index in [2.05, 4.69) is 11.9 Å². The Hall–Kier alpha value is -3.19. The van der Waals surface area contributed by atoms with Crippen molar-refractivity contribution in [2.75, 3.05) is 74.1 Å². The molecule has 4 rings (SSSR count). The monoisotopic (exact) mass is 1120 g/mol. The van der Waals surface area contributed by atoms with Gasteiger partial charge in [-0.05, 0) is 96.9 Å². The minimum atomic E-state index is -1.95. The number of carbonyl (C=O) groups is 2. The Bertz CT molecular complexity index is 2110. The molecule has 18 nitrogen and oxygen atoms in total. The Morgan fingerprint density at radius 3 is 2.27 bits per heavy atom. The van der Waals surface area contributed by atoms with E-state index in [1.54, 1.807) is 84.1 Å². The molecule has 2 unspecified atom stereocenters. The van der Waals surface area contributed by atoms with Gasteiger partial charge in [0.1, 0.15) is 36.7 Å². The van der Waals surface area contributed by atoms with Crippen LogP contribution < -0.4 is 11.2 Å². The number of rotatable bonds is 21. The van der Waals surface area contributed by atoms with Gasteiger partial charge >= 0.3 is 5.97 Å². The van der Waals surface area contributed by atoms with Crippen molar-refractivity contribution < 1.29 is 71.4 Å². The SMILES string of the molecule is C=C1[C@@H](O)[C@](C)(O)[C@@H](CC)OC(=O)[C@H](C)C([C@H]2C[C@@](C)(OC)[C@@H](O)[C@H](C)O2)[C@H](C)[C@@H](O[C@@H]2O[C@H](C)C[C@H](CN(C)CC/C(=C/N[C@H](CF)[C@H](OC)c3ccc(S(=O)CCCF)cc3)N(C)N)C2=O)[C@](C)(O)C[C@@H](C)CN1C.